The van der Waals surface area contributed by atoms with E-state index in [2.05, 4.69) is 16.3 Å². The molecule has 0 saturated carbocycles. The van der Waals surface area contributed by atoms with Crippen molar-refractivity contribution in [3.63, 3.8) is 0 Å². The fraction of sp³-hybridized carbons (Fsp3) is 0.458. The minimum Gasteiger partial charge on any atom is -0.322 e. The Bertz CT molecular complexity index is 1060. The number of rotatable bonds is 6. The van der Waals surface area contributed by atoms with Crippen LogP contribution < -0.4 is 5.32 Å². The molecule has 2 aliphatic heterocycles. The van der Waals surface area contributed by atoms with Crippen molar-refractivity contribution >= 4 is 33.4 Å². The Morgan fingerprint density at radius 2 is 1.75 bits per heavy atom. The second-order valence-electron chi connectivity index (χ2n) is 8.48. The predicted molar refractivity (Wildman–Crippen MR) is 131 cm³/mol. The molecule has 6 nitrogen and oxygen atoms in total. The number of thioether (sulfide) groups is 1. The van der Waals surface area contributed by atoms with Crippen LogP contribution in [-0.2, 0) is 16.6 Å². The van der Waals surface area contributed by atoms with Gasteiger partial charge in [0.1, 0.15) is 0 Å². The van der Waals surface area contributed by atoms with Gasteiger partial charge < -0.3 is 5.32 Å². The molecule has 0 aliphatic carbocycles. The second kappa shape index (κ2) is 10.4. The summed E-state index contributed by atoms with van der Waals surface area (Å²) in [5.74, 6) is 2.02. The first-order valence-electron chi connectivity index (χ1n) is 11.2. The van der Waals surface area contributed by atoms with Gasteiger partial charge in [-0.2, -0.15) is 16.1 Å². The first-order chi connectivity index (χ1) is 15.4. The number of sulfonamides is 1. The summed E-state index contributed by atoms with van der Waals surface area (Å²) >= 11 is 1.99. The van der Waals surface area contributed by atoms with Gasteiger partial charge >= 0.3 is 0 Å². The molecule has 4 rings (SSSR count). The molecule has 2 aliphatic rings. The van der Waals surface area contributed by atoms with Crippen molar-refractivity contribution in [1.82, 2.24) is 9.21 Å². The average Bonchev–Trinajstić information content (AvgIpc) is 2.82. The number of hydrogen-bond acceptors (Lipinski definition) is 5. The largest absolute Gasteiger partial charge is 0.322 e. The van der Waals surface area contributed by atoms with Crippen LogP contribution in [0.4, 0.5) is 5.69 Å². The Labute approximate surface area is 195 Å². The highest BCUT2D eigenvalue weighted by Crippen LogP contribution is 2.23. The van der Waals surface area contributed by atoms with E-state index in [0.29, 0.717) is 18.7 Å². The van der Waals surface area contributed by atoms with E-state index in [1.165, 1.54) is 15.9 Å². The fourth-order valence-electron chi connectivity index (χ4n) is 4.17. The monoisotopic (exact) mass is 473 g/mol. The first-order valence-corrected chi connectivity index (χ1v) is 13.8. The van der Waals surface area contributed by atoms with Gasteiger partial charge in [-0.15, -0.1) is 0 Å². The summed E-state index contributed by atoms with van der Waals surface area (Å²) in [6.07, 6.45) is 2.82. The van der Waals surface area contributed by atoms with E-state index in [0.717, 1.165) is 61.7 Å². The SMILES string of the molecule is Cc1ccc(CN2CCSCC2)cc1NC(=O)c1cccc(S(=O)(=O)N2CCCCC2)c1. The third-order valence-electron chi connectivity index (χ3n) is 6.11. The van der Waals surface area contributed by atoms with Crippen LogP contribution in [0.1, 0.15) is 40.7 Å². The number of benzene rings is 2. The summed E-state index contributed by atoms with van der Waals surface area (Å²) < 4.78 is 27.5. The first kappa shape index (κ1) is 23.3. The molecule has 0 unspecified atom stereocenters. The molecule has 1 N–H and O–H groups in total. The molecule has 2 heterocycles. The Balaban J connectivity index is 1.49. The zero-order valence-corrected chi connectivity index (χ0v) is 20.2. The van der Waals surface area contributed by atoms with Gasteiger partial charge in [0.25, 0.3) is 5.91 Å². The van der Waals surface area contributed by atoms with Gasteiger partial charge in [-0.25, -0.2) is 8.42 Å². The summed E-state index contributed by atoms with van der Waals surface area (Å²) in [5, 5.41) is 2.99. The molecule has 1 amide bonds. The standard InChI is InChI=1S/C24H31N3O3S2/c1-19-8-9-20(18-26-12-14-31-15-13-26)16-23(19)25-24(28)21-6-5-7-22(17-21)32(29,30)27-10-3-2-4-11-27/h5-9,16-17H,2-4,10-15,18H2,1H3,(H,25,28). The van der Waals surface area contributed by atoms with Crippen LogP contribution in [-0.4, -0.2) is 61.2 Å². The second-order valence-corrected chi connectivity index (χ2v) is 11.6. The third-order valence-corrected chi connectivity index (χ3v) is 8.95. The van der Waals surface area contributed by atoms with Gasteiger partial charge in [-0.1, -0.05) is 24.6 Å². The van der Waals surface area contributed by atoms with Crippen LogP contribution in [0.15, 0.2) is 47.4 Å². The molecule has 2 fully saturated rings. The van der Waals surface area contributed by atoms with Gasteiger partial charge in [-0.3, -0.25) is 9.69 Å². The van der Waals surface area contributed by atoms with Gasteiger partial charge in [0, 0.05) is 55.5 Å². The summed E-state index contributed by atoms with van der Waals surface area (Å²) in [5.41, 5.74) is 3.26. The van der Waals surface area contributed by atoms with Crippen molar-refractivity contribution < 1.29 is 13.2 Å². The van der Waals surface area contributed by atoms with E-state index in [1.807, 2.05) is 30.8 Å². The number of nitrogens with one attached hydrogen (secondary N) is 1. The van der Waals surface area contributed by atoms with Crippen molar-refractivity contribution in [2.24, 2.45) is 0 Å². The number of aryl methyl sites for hydroxylation is 1. The smallest absolute Gasteiger partial charge is 0.255 e. The number of carbonyl (C=O) groups excluding carboxylic acids is 1. The lowest BCUT2D eigenvalue weighted by atomic mass is 10.1. The maximum atomic E-state index is 13.0. The molecule has 0 bridgehead atoms. The zero-order chi connectivity index (χ0) is 22.6. The zero-order valence-electron chi connectivity index (χ0n) is 18.5. The molecule has 2 aromatic rings. The average molecular weight is 474 g/mol. The number of piperidine rings is 1. The van der Waals surface area contributed by atoms with Gasteiger partial charge in [-0.05, 0) is 55.2 Å². The maximum Gasteiger partial charge on any atom is 0.255 e. The van der Waals surface area contributed by atoms with Crippen LogP contribution in [0.25, 0.3) is 0 Å². The lowest BCUT2D eigenvalue weighted by Crippen LogP contribution is -2.35. The van der Waals surface area contributed by atoms with Crippen LogP contribution in [0, 0.1) is 6.92 Å². The summed E-state index contributed by atoms with van der Waals surface area (Å²) in [6, 6.07) is 12.5. The van der Waals surface area contributed by atoms with E-state index in [4.69, 9.17) is 0 Å². The van der Waals surface area contributed by atoms with Crippen LogP contribution in [0.5, 0.6) is 0 Å². The third kappa shape index (κ3) is 5.54. The molecule has 0 spiro atoms. The Morgan fingerprint density at radius 3 is 2.50 bits per heavy atom. The number of anilines is 1. The van der Waals surface area contributed by atoms with Crippen molar-refractivity contribution in [2.45, 2.75) is 37.6 Å². The lowest BCUT2D eigenvalue weighted by Gasteiger charge is -2.26. The van der Waals surface area contributed by atoms with Gasteiger partial charge in [0.2, 0.25) is 10.0 Å². The topological polar surface area (TPSA) is 69.7 Å². The van der Waals surface area contributed by atoms with Crippen molar-refractivity contribution in [3.8, 4) is 0 Å². The predicted octanol–water partition coefficient (Wildman–Crippen LogP) is 3.97. The van der Waals surface area contributed by atoms with E-state index in [1.54, 1.807) is 18.2 Å². The molecule has 8 heteroatoms. The minimum atomic E-state index is -3.58. The Hall–Kier alpha value is -1.87. The summed E-state index contributed by atoms with van der Waals surface area (Å²) in [6.45, 7) is 6.08. The number of hydrogen-bond donors (Lipinski definition) is 1. The number of nitrogens with zero attached hydrogens (tertiary/aromatic N) is 2. The molecular weight excluding hydrogens is 442 g/mol. The van der Waals surface area contributed by atoms with Crippen molar-refractivity contribution in [1.29, 1.82) is 0 Å². The van der Waals surface area contributed by atoms with Crippen LogP contribution in [0.2, 0.25) is 0 Å². The van der Waals surface area contributed by atoms with E-state index in [9.17, 15) is 13.2 Å². The molecule has 0 radical (unpaired) electrons. The van der Waals surface area contributed by atoms with Crippen LogP contribution in [0.3, 0.4) is 0 Å². The van der Waals surface area contributed by atoms with E-state index < -0.39 is 10.0 Å². The maximum absolute atomic E-state index is 13.0. The molecule has 2 saturated heterocycles. The molecule has 172 valence electrons. The Kier molecular flexibility index (Phi) is 7.55. The minimum absolute atomic E-state index is 0.181. The van der Waals surface area contributed by atoms with Crippen LogP contribution >= 0.6 is 11.8 Å². The fourth-order valence-corrected chi connectivity index (χ4v) is 6.71. The van der Waals surface area contributed by atoms with E-state index in [-0.39, 0.29) is 10.8 Å². The molecule has 0 aromatic heterocycles. The van der Waals surface area contributed by atoms with Gasteiger partial charge in [0.15, 0.2) is 0 Å². The molecule has 2 aromatic carbocycles. The lowest BCUT2D eigenvalue weighted by molar-refractivity contribution is 0.102. The number of carbonyl (C=O) groups is 1. The van der Waals surface area contributed by atoms with E-state index >= 15 is 0 Å². The normalized spacial score (nSPS) is 18.4. The highest BCUT2D eigenvalue weighted by molar-refractivity contribution is 7.99. The highest BCUT2D eigenvalue weighted by atomic mass is 32.2. The molecule has 0 atom stereocenters. The molecule has 32 heavy (non-hydrogen) atoms. The van der Waals surface area contributed by atoms with Gasteiger partial charge in [0.05, 0.1) is 4.90 Å². The highest BCUT2D eigenvalue weighted by Gasteiger charge is 2.26. The quantitative estimate of drug-likeness (QED) is 0.688. The van der Waals surface area contributed by atoms with Crippen molar-refractivity contribution in [2.75, 3.05) is 43.0 Å². The number of amides is 1. The van der Waals surface area contributed by atoms with Crippen molar-refractivity contribution in [3.05, 3.63) is 59.2 Å². The summed E-state index contributed by atoms with van der Waals surface area (Å²) in [4.78, 5) is 15.6. The summed E-state index contributed by atoms with van der Waals surface area (Å²) in [7, 11) is -3.58. The Morgan fingerprint density at radius 1 is 1.00 bits per heavy atom. The molecular formula is C24H31N3O3S2.